The molecule has 0 aliphatic rings. The molecule has 1 atom stereocenters. The zero-order valence-electron chi connectivity index (χ0n) is 9.27. The van der Waals surface area contributed by atoms with Crippen LogP contribution in [0.3, 0.4) is 0 Å². The fourth-order valence-corrected chi connectivity index (χ4v) is 1.20. The molecule has 0 N–H and O–H groups in total. The van der Waals surface area contributed by atoms with Gasteiger partial charge in [0.25, 0.3) is 0 Å². The molecule has 0 aliphatic heterocycles. The number of carbonyl (C=O) groups excluding carboxylic acids is 1. The third-order valence-corrected chi connectivity index (χ3v) is 2.05. The van der Waals surface area contributed by atoms with Gasteiger partial charge >= 0.3 is 5.97 Å². The molecule has 1 rings (SSSR count). The second-order valence-electron chi connectivity index (χ2n) is 3.26. The van der Waals surface area contributed by atoms with Crippen molar-refractivity contribution in [2.75, 3.05) is 7.11 Å². The number of ether oxygens (including phenoxy) is 2. The molecule has 16 heavy (non-hydrogen) atoms. The summed E-state index contributed by atoms with van der Waals surface area (Å²) in [6.07, 6.45) is -0.265. The highest BCUT2D eigenvalue weighted by molar-refractivity contribution is 5.74. The minimum atomic E-state index is -0.633. The van der Waals surface area contributed by atoms with Crippen LogP contribution in [0.4, 0.5) is 0 Å². The van der Waals surface area contributed by atoms with Gasteiger partial charge in [-0.15, -0.1) is 0 Å². The number of hydrogen-bond acceptors (Lipinski definition) is 4. The van der Waals surface area contributed by atoms with Crippen LogP contribution in [0.5, 0.6) is 5.75 Å². The Kier molecular flexibility index (Phi) is 4.34. The second kappa shape index (κ2) is 5.76. The quantitative estimate of drug-likeness (QED) is 0.723. The molecule has 0 fully saturated rings. The summed E-state index contributed by atoms with van der Waals surface area (Å²) in [5.74, 6) is 0.167. The standard InChI is InChI=1S/C12H13NO3/c1-9(12(14)15-2)16-11-5-3-10(4-6-11)7-8-13/h3-6,9H,7H2,1-2H3/t9-/m0/s1. The fourth-order valence-electron chi connectivity index (χ4n) is 1.20. The number of hydrogen-bond donors (Lipinski definition) is 0. The second-order valence-corrected chi connectivity index (χ2v) is 3.26. The van der Waals surface area contributed by atoms with Crippen molar-refractivity contribution in [2.45, 2.75) is 19.4 Å². The summed E-state index contributed by atoms with van der Waals surface area (Å²) in [4.78, 5) is 11.1. The van der Waals surface area contributed by atoms with Crippen LogP contribution in [0, 0.1) is 11.3 Å². The number of benzene rings is 1. The lowest BCUT2D eigenvalue weighted by Gasteiger charge is -2.12. The first kappa shape index (κ1) is 12.1. The first-order valence-electron chi connectivity index (χ1n) is 4.87. The number of nitrogens with zero attached hydrogens (tertiary/aromatic N) is 1. The van der Waals surface area contributed by atoms with Gasteiger partial charge in [0.2, 0.25) is 0 Å². The SMILES string of the molecule is COC(=O)[C@H](C)Oc1ccc(CC#N)cc1. The van der Waals surface area contributed by atoms with Crippen LogP contribution in [0.25, 0.3) is 0 Å². The van der Waals surface area contributed by atoms with Crippen LogP contribution < -0.4 is 4.74 Å². The van der Waals surface area contributed by atoms with Crippen molar-refractivity contribution in [2.24, 2.45) is 0 Å². The van der Waals surface area contributed by atoms with Gasteiger partial charge in [-0.05, 0) is 24.6 Å². The normalized spacial score (nSPS) is 11.3. The zero-order valence-corrected chi connectivity index (χ0v) is 9.27. The number of carbonyl (C=O) groups is 1. The van der Waals surface area contributed by atoms with Crippen molar-refractivity contribution in [1.82, 2.24) is 0 Å². The van der Waals surface area contributed by atoms with Gasteiger partial charge in [0.15, 0.2) is 6.10 Å². The summed E-state index contributed by atoms with van der Waals surface area (Å²) >= 11 is 0. The number of rotatable bonds is 4. The lowest BCUT2D eigenvalue weighted by molar-refractivity contribution is -0.147. The van der Waals surface area contributed by atoms with E-state index in [0.717, 1.165) is 5.56 Å². The summed E-state index contributed by atoms with van der Waals surface area (Å²) in [5, 5.41) is 8.50. The Labute approximate surface area is 94.4 Å². The van der Waals surface area contributed by atoms with Crippen LogP contribution in [0.15, 0.2) is 24.3 Å². The van der Waals surface area contributed by atoms with Crippen molar-refractivity contribution in [3.8, 4) is 11.8 Å². The summed E-state index contributed by atoms with van der Waals surface area (Å²) < 4.78 is 9.88. The Morgan fingerprint density at radius 3 is 2.56 bits per heavy atom. The molecule has 0 heterocycles. The van der Waals surface area contributed by atoms with Gasteiger partial charge < -0.3 is 9.47 Å². The smallest absolute Gasteiger partial charge is 0.346 e. The first-order valence-corrected chi connectivity index (χ1v) is 4.87. The van der Waals surface area contributed by atoms with Crippen molar-refractivity contribution in [1.29, 1.82) is 5.26 Å². The highest BCUT2D eigenvalue weighted by Crippen LogP contribution is 2.14. The Hall–Kier alpha value is -2.02. The Morgan fingerprint density at radius 1 is 1.44 bits per heavy atom. The Morgan fingerprint density at radius 2 is 2.06 bits per heavy atom. The van der Waals surface area contributed by atoms with Gasteiger partial charge in [0.1, 0.15) is 5.75 Å². The maximum absolute atomic E-state index is 11.1. The first-order chi connectivity index (χ1) is 7.67. The molecule has 1 aromatic rings. The monoisotopic (exact) mass is 219 g/mol. The molecule has 0 aromatic heterocycles. The maximum atomic E-state index is 11.1. The summed E-state index contributed by atoms with van der Waals surface area (Å²) in [6.45, 7) is 1.62. The van der Waals surface area contributed by atoms with Gasteiger partial charge in [-0.3, -0.25) is 0 Å². The average Bonchev–Trinajstić information content (AvgIpc) is 2.31. The van der Waals surface area contributed by atoms with Gasteiger partial charge in [-0.2, -0.15) is 5.26 Å². The Balaban J connectivity index is 2.62. The number of methoxy groups -OCH3 is 1. The molecule has 0 saturated heterocycles. The maximum Gasteiger partial charge on any atom is 0.346 e. The minimum Gasteiger partial charge on any atom is -0.479 e. The minimum absolute atomic E-state index is 0.368. The molecule has 0 radical (unpaired) electrons. The molecule has 0 amide bonds. The van der Waals surface area contributed by atoms with Gasteiger partial charge in [-0.1, -0.05) is 12.1 Å². The van der Waals surface area contributed by atoms with E-state index in [0.29, 0.717) is 12.2 Å². The number of nitriles is 1. The van der Waals surface area contributed by atoms with E-state index >= 15 is 0 Å². The van der Waals surface area contributed by atoms with Crippen LogP contribution in [-0.4, -0.2) is 19.2 Å². The third-order valence-electron chi connectivity index (χ3n) is 2.05. The molecule has 0 unspecified atom stereocenters. The van der Waals surface area contributed by atoms with Crippen molar-refractivity contribution in [3.63, 3.8) is 0 Å². The predicted molar refractivity (Wildman–Crippen MR) is 57.9 cm³/mol. The van der Waals surface area contributed by atoms with Crippen LogP contribution in [0.2, 0.25) is 0 Å². The predicted octanol–water partition coefficient (Wildman–Crippen LogP) is 1.69. The topological polar surface area (TPSA) is 59.3 Å². The molecular weight excluding hydrogens is 206 g/mol. The molecule has 0 spiro atoms. The molecule has 1 aromatic carbocycles. The van der Waals surface area contributed by atoms with Gasteiger partial charge in [-0.25, -0.2) is 4.79 Å². The summed E-state index contributed by atoms with van der Waals surface area (Å²) in [7, 11) is 1.32. The molecule has 0 saturated carbocycles. The van der Waals surface area contributed by atoms with Gasteiger partial charge in [0, 0.05) is 0 Å². The van der Waals surface area contributed by atoms with E-state index in [-0.39, 0.29) is 0 Å². The Bertz CT molecular complexity index is 392. The van der Waals surface area contributed by atoms with E-state index in [1.54, 1.807) is 31.2 Å². The number of esters is 1. The van der Waals surface area contributed by atoms with Crippen molar-refractivity contribution < 1.29 is 14.3 Å². The van der Waals surface area contributed by atoms with E-state index in [1.807, 2.05) is 0 Å². The van der Waals surface area contributed by atoms with E-state index in [2.05, 4.69) is 10.8 Å². The highest BCUT2D eigenvalue weighted by Gasteiger charge is 2.14. The van der Waals surface area contributed by atoms with E-state index in [9.17, 15) is 4.79 Å². The molecule has 0 bridgehead atoms. The highest BCUT2D eigenvalue weighted by atomic mass is 16.6. The van der Waals surface area contributed by atoms with E-state index in [4.69, 9.17) is 10.00 Å². The van der Waals surface area contributed by atoms with Crippen molar-refractivity contribution >= 4 is 5.97 Å². The summed E-state index contributed by atoms with van der Waals surface area (Å²) in [5.41, 5.74) is 0.917. The average molecular weight is 219 g/mol. The van der Waals surface area contributed by atoms with Crippen molar-refractivity contribution in [3.05, 3.63) is 29.8 Å². The summed E-state index contributed by atoms with van der Waals surface area (Å²) in [6, 6.07) is 9.10. The molecule has 4 nitrogen and oxygen atoms in total. The van der Waals surface area contributed by atoms with E-state index in [1.165, 1.54) is 7.11 Å². The fraction of sp³-hybridized carbons (Fsp3) is 0.333. The third kappa shape index (κ3) is 3.28. The van der Waals surface area contributed by atoms with Crippen LogP contribution >= 0.6 is 0 Å². The van der Waals surface area contributed by atoms with E-state index < -0.39 is 12.1 Å². The lowest BCUT2D eigenvalue weighted by atomic mass is 10.2. The largest absolute Gasteiger partial charge is 0.479 e. The van der Waals surface area contributed by atoms with Crippen LogP contribution in [-0.2, 0) is 16.0 Å². The molecule has 4 heteroatoms. The molecule has 0 aliphatic carbocycles. The van der Waals surface area contributed by atoms with Gasteiger partial charge in [0.05, 0.1) is 19.6 Å². The lowest BCUT2D eigenvalue weighted by Crippen LogP contribution is -2.24. The van der Waals surface area contributed by atoms with Crippen LogP contribution in [0.1, 0.15) is 12.5 Å². The zero-order chi connectivity index (χ0) is 12.0. The molecule has 84 valence electrons. The molecular formula is C12H13NO3.